The molecule has 2 rings (SSSR count). The number of aliphatic carboxylic acids is 1. The van der Waals surface area contributed by atoms with Gasteiger partial charge in [-0.1, -0.05) is 0 Å². The topological polar surface area (TPSA) is 61.4 Å². The first kappa shape index (κ1) is 10.9. The number of carboxylic acid groups (broad SMARTS) is 1. The van der Waals surface area contributed by atoms with Crippen molar-refractivity contribution in [2.24, 2.45) is 11.8 Å². The lowest BCUT2D eigenvalue weighted by Crippen LogP contribution is -2.44. The van der Waals surface area contributed by atoms with Gasteiger partial charge >= 0.3 is 5.97 Å². The number of hydrogen-bond donors (Lipinski definition) is 3. The van der Waals surface area contributed by atoms with Gasteiger partial charge in [-0.25, -0.2) is 0 Å². The van der Waals surface area contributed by atoms with E-state index in [4.69, 9.17) is 5.11 Å². The van der Waals surface area contributed by atoms with Crippen molar-refractivity contribution in [2.45, 2.75) is 31.7 Å². The predicted molar refractivity (Wildman–Crippen MR) is 57.7 cm³/mol. The van der Waals surface area contributed by atoms with Crippen LogP contribution in [0, 0.1) is 11.8 Å². The summed E-state index contributed by atoms with van der Waals surface area (Å²) in [6.45, 7) is 4.85. The zero-order valence-corrected chi connectivity index (χ0v) is 9.25. The van der Waals surface area contributed by atoms with Crippen molar-refractivity contribution in [1.29, 1.82) is 0 Å². The molecule has 0 radical (unpaired) electrons. The third-order valence-electron chi connectivity index (χ3n) is 3.95. The van der Waals surface area contributed by atoms with Crippen molar-refractivity contribution >= 4 is 5.97 Å². The number of nitrogens with one attached hydrogen (secondary N) is 2. The van der Waals surface area contributed by atoms with Crippen molar-refractivity contribution in [3.8, 4) is 0 Å². The maximum absolute atomic E-state index is 11.1. The molecular formula is C11H20N2O2. The van der Waals surface area contributed by atoms with Crippen LogP contribution in [0.4, 0.5) is 0 Å². The van der Waals surface area contributed by atoms with E-state index in [0.29, 0.717) is 11.8 Å². The maximum Gasteiger partial charge on any atom is 0.323 e. The van der Waals surface area contributed by atoms with Gasteiger partial charge in [-0.3, -0.25) is 4.79 Å². The number of piperidine rings is 1. The molecule has 0 saturated carbocycles. The van der Waals surface area contributed by atoms with Gasteiger partial charge in [0.15, 0.2) is 0 Å². The second-order valence-corrected chi connectivity index (χ2v) is 5.07. The van der Waals surface area contributed by atoms with Crippen LogP contribution in [0.3, 0.4) is 0 Å². The van der Waals surface area contributed by atoms with Crippen LogP contribution in [0.1, 0.15) is 26.2 Å². The van der Waals surface area contributed by atoms with Crippen LogP contribution in [-0.4, -0.2) is 36.2 Å². The molecule has 4 nitrogen and oxygen atoms in total. The Balaban J connectivity index is 1.94. The van der Waals surface area contributed by atoms with Crippen LogP contribution in [-0.2, 0) is 4.79 Å². The highest BCUT2D eigenvalue weighted by molar-refractivity contribution is 5.78. The normalized spacial score (nSPS) is 38.1. The molecule has 2 aliphatic rings. The molecule has 2 atom stereocenters. The Morgan fingerprint density at radius 2 is 2.00 bits per heavy atom. The highest BCUT2D eigenvalue weighted by Gasteiger charge is 2.43. The van der Waals surface area contributed by atoms with Gasteiger partial charge in [0.05, 0.1) is 0 Å². The van der Waals surface area contributed by atoms with E-state index in [0.717, 1.165) is 26.1 Å². The average Bonchev–Trinajstić information content (AvgIpc) is 2.64. The maximum atomic E-state index is 11.1. The van der Waals surface area contributed by atoms with E-state index in [1.807, 2.05) is 0 Å². The zero-order chi connectivity index (χ0) is 10.9. The summed E-state index contributed by atoms with van der Waals surface area (Å²) in [7, 11) is 0. The predicted octanol–water partition coefficient (Wildman–Crippen LogP) is 0.439. The monoisotopic (exact) mass is 212 g/mol. The van der Waals surface area contributed by atoms with Crippen molar-refractivity contribution in [1.82, 2.24) is 10.6 Å². The molecular weight excluding hydrogens is 192 g/mol. The first-order valence-electron chi connectivity index (χ1n) is 5.81. The molecule has 86 valence electrons. The molecule has 0 aromatic heterocycles. The van der Waals surface area contributed by atoms with E-state index in [2.05, 4.69) is 10.6 Å². The van der Waals surface area contributed by atoms with E-state index >= 15 is 0 Å². The molecule has 0 amide bonds. The Labute approximate surface area is 90.4 Å². The van der Waals surface area contributed by atoms with Gasteiger partial charge in [0.25, 0.3) is 0 Å². The zero-order valence-electron chi connectivity index (χ0n) is 9.25. The van der Waals surface area contributed by atoms with Crippen molar-refractivity contribution < 1.29 is 9.90 Å². The van der Waals surface area contributed by atoms with Crippen LogP contribution in [0.5, 0.6) is 0 Å². The highest BCUT2D eigenvalue weighted by atomic mass is 16.4. The molecule has 2 aliphatic heterocycles. The minimum Gasteiger partial charge on any atom is -0.480 e. The smallest absolute Gasteiger partial charge is 0.323 e. The van der Waals surface area contributed by atoms with Crippen molar-refractivity contribution in [2.75, 3.05) is 19.6 Å². The lowest BCUT2D eigenvalue weighted by atomic mass is 9.81. The van der Waals surface area contributed by atoms with Gasteiger partial charge in [-0.15, -0.1) is 0 Å². The van der Waals surface area contributed by atoms with Crippen molar-refractivity contribution in [3.63, 3.8) is 0 Å². The molecule has 3 N–H and O–H groups in total. The SMILES string of the molecule is CC1(C(=O)O)CC(C2CCNCC2)CN1. The Hall–Kier alpha value is -0.610. The molecule has 0 spiro atoms. The van der Waals surface area contributed by atoms with Crippen LogP contribution in [0.15, 0.2) is 0 Å². The summed E-state index contributed by atoms with van der Waals surface area (Å²) < 4.78 is 0. The van der Waals surface area contributed by atoms with Crippen LogP contribution in [0.2, 0.25) is 0 Å². The Morgan fingerprint density at radius 1 is 1.33 bits per heavy atom. The molecule has 2 saturated heterocycles. The first-order chi connectivity index (χ1) is 7.12. The van der Waals surface area contributed by atoms with Gasteiger partial charge in [-0.2, -0.15) is 0 Å². The second kappa shape index (κ2) is 4.10. The number of carboxylic acids is 1. The summed E-state index contributed by atoms with van der Waals surface area (Å²) in [5, 5.41) is 15.6. The van der Waals surface area contributed by atoms with Gasteiger partial charge in [0.2, 0.25) is 0 Å². The van der Waals surface area contributed by atoms with Gasteiger partial charge in [-0.05, 0) is 57.7 Å². The average molecular weight is 212 g/mol. The van der Waals surface area contributed by atoms with Crippen LogP contribution < -0.4 is 10.6 Å². The molecule has 2 unspecified atom stereocenters. The number of hydrogen-bond acceptors (Lipinski definition) is 3. The molecule has 0 bridgehead atoms. The fourth-order valence-corrected chi connectivity index (χ4v) is 2.84. The standard InChI is InChI=1S/C11H20N2O2/c1-11(10(14)15)6-9(7-13-11)8-2-4-12-5-3-8/h8-9,12-13H,2-7H2,1H3,(H,14,15). The minimum absolute atomic E-state index is 0.549. The van der Waals surface area contributed by atoms with Gasteiger partial charge < -0.3 is 15.7 Å². The Kier molecular flexibility index (Phi) is 2.98. The molecule has 4 heteroatoms. The summed E-state index contributed by atoms with van der Waals surface area (Å²) in [6, 6.07) is 0. The Morgan fingerprint density at radius 3 is 2.53 bits per heavy atom. The molecule has 0 aliphatic carbocycles. The fraction of sp³-hybridized carbons (Fsp3) is 0.909. The van der Waals surface area contributed by atoms with E-state index in [1.165, 1.54) is 12.8 Å². The summed E-state index contributed by atoms with van der Waals surface area (Å²) in [5.41, 5.74) is -0.685. The fourth-order valence-electron chi connectivity index (χ4n) is 2.84. The summed E-state index contributed by atoms with van der Waals surface area (Å²) in [6.07, 6.45) is 3.18. The first-order valence-corrected chi connectivity index (χ1v) is 5.81. The van der Waals surface area contributed by atoms with Gasteiger partial charge in [0, 0.05) is 0 Å². The van der Waals surface area contributed by atoms with E-state index < -0.39 is 11.5 Å². The molecule has 0 aromatic carbocycles. The van der Waals surface area contributed by atoms with E-state index in [9.17, 15) is 4.79 Å². The van der Waals surface area contributed by atoms with Crippen molar-refractivity contribution in [3.05, 3.63) is 0 Å². The summed E-state index contributed by atoms with van der Waals surface area (Å²) in [5.74, 6) is 0.548. The summed E-state index contributed by atoms with van der Waals surface area (Å²) in [4.78, 5) is 11.1. The summed E-state index contributed by atoms with van der Waals surface area (Å²) >= 11 is 0. The third-order valence-corrected chi connectivity index (χ3v) is 3.95. The molecule has 0 aromatic rings. The highest BCUT2D eigenvalue weighted by Crippen LogP contribution is 2.33. The van der Waals surface area contributed by atoms with Crippen LogP contribution >= 0.6 is 0 Å². The molecule has 15 heavy (non-hydrogen) atoms. The molecule has 2 fully saturated rings. The van der Waals surface area contributed by atoms with Crippen LogP contribution in [0.25, 0.3) is 0 Å². The molecule has 2 heterocycles. The third kappa shape index (κ3) is 2.16. The number of rotatable bonds is 2. The minimum atomic E-state index is -0.709. The van der Waals surface area contributed by atoms with E-state index in [-0.39, 0.29) is 0 Å². The quantitative estimate of drug-likeness (QED) is 0.621. The second-order valence-electron chi connectivity index (χ2n) is 5.07. The lowest BCUT2D eigenvalue weighted by molar-refractivity contribution is -0.143. The Bertz CT molecular complexity index is 251. The van der Waals surface area contributed by atoms with Gasteiger partial charge in [0.1, 0.15) is 5.54 Å². The lowest BCUT2D eigenvalue weighted by Gasteiger charge is -2.28. The number of carbonyl (C=O) groups is 1. The van der Waals surface area contributed by atoms with E-state index in [1.54, 1.807) is 6.92 Å². The largest absolute Gasteiger partial charge is 0.480 e.